The summed E-state index contributed by atoms with van der Waals surface area (Å²) in [7, 11) is -4.64. The van der Waals surface area contributed by atoms with Gasteiger partial charge in [0.1, 0.15) is 5.82 Å². The molecular weight excluding hydrogens is 309 g/mol. The van der Waals surface area contributed by atoms with E-state index in [9.17, 15) is 14.4 Å². The Morgan fingerprint density at radius 3 is 1.95 bits per heavy atom. The molecular formula is C8H12N5O7P. The molecule has 0 unspecified atom stereocenters. The first kappa shape index (κ1) is 18.5. The Hall–Kier alpha value is -2.53. The highest BCUT2D eigenvalue weighted by Gasteiger charge is 2.00. The number of phosphoric acid groups is 1. The van der Waals surface area contributed by atoms with Gasteiger partial charge in [-0.2, -0.15) is 0 Å². The highest BCUT2D eigenvalue weighted by molar-refractivity contribution is 7.45. The van der Waals surface area contributed by atoms with Crippen LogP contribution in [0, 0.1) is 0 Å². The third-order valence-corrected chi connectivity index (χ3v) is 1.38. The highest BCUT2D eigenvalue weighted by Crippen LogP contribution is 2.25. The summed E-state index contributed by atoms with van der Waals surface area (Å²) in [4.78, 5) is 62.1. The molecule has 0 aliphatic rings. The second-order valence-corrected chi connectivity index (χ2v) is 4.17. The van der Waals surface area contributed by atoms with Crippen LogP contribution in [-0.4, -0.2) is 34.6 Å². The van der Waals surface area contributed by atoms with Crippen LogP contribution < -0.4 is 22.7 Å². The van der Waals surface area contributed by atoms with Crippen molar-refractivity contribution in [2.24, 2.45) is 0 Å². The highest BCUT2D eigenvalue weighted by atomic mass is 31.2. The number of H-pyrrole nitrogens is 3. The smallest absolute Gasteiger partial charge is 0.385 e. The fourth-order valence-electron chi connectivity index (χ4n) is 0.765. The standard InChI is InChI=1S/C4H5N3O.C4H4N2O2.H3O4P/c5-3-1-2-6-4(8)7-3;7-3-1-2-5-4(8)6-3;1-5(2,3)4/h1-2H,(H3,5,6,7,8);1-2H,(H2,5,6,7,8);(H3,1,2,3,4). The lowest BCUT2D eigenvalue weighted by molar-refractivity contribution is 0.275. The number of nitrogens with two attached hydrogens (primary N) is 1. The van der Waals surface area contributed by atoms with Gasteiger partial charge in [-0.1, -0.05) is 0 Å². The van der Waals surface area contributed by atoms with Crippen molar-refractivity contribution in [1.82, 2.24) is 19.9 Å². The molecule has 2 rings (SSSR count). The summed E-state index contributed by atoms with van der Waals surface area (Å²) < 4.78 is 8.88. The van der Waals surface area contributed by atoms with E-state index in [2.05, 4.69) is 15.0 Å². The van der Waals surface area contributed by atoms with Crippen LogP contribution in [0.3, 0.4) is 0 Å². The third-order valence-electron chi connectivity index (χ3n) is 1.38. The molecule has 13 heteroatoms. The van der Waals surface area contributed by atoms with Gasteiger partial charge in [-0.25, -0.2) is 19.1 Å². The SMILES string of the molecule is Nc1ccnc(=O)[nH]1.O=P(O)(O)O.O=c1cc[nH]c(=O)[nH]1. The number of aromatic nitrogens is 4. The first-order chi connectivity index (χ1) is 9.58. The summed E-state index contributed by atoms with van der Waals surface area (Å²) in [5, 5.41) is 0. The van der Waals surface area contributed by atoms with Crippen molar-refractivity contribution in [2.75, 3.05) is 5.73 Å². The number of hydrogen-bond donors (Lipinski definition) is 7. The quantitative estimate of drug-likeness (QED) is 0.254. The van der Waals surface area contributed by atoms with Gasteiger partial charge in [0.2, 0.25) is 0 Å². The molecule has 2 aromatic heterocycles. The molecule has 116 valence electrons. The number of nitrogens with one attached hydrogen (secondary N) is 3. The normalized spacial score (nSPS) is 9.67. The molecule has 0 fully saturated rings. The molecule has 8 N–H and O–H groups in total. The van der Waals surface area contributed by atoms with Gasteiger partial charge in [0, 0.05) is 18.5 Å². The minimum atomic E-state index is -4.64. The van der Waals surface area contributed by atoms with Crippen molar-refractivity contribution < 1.29 is 19.2 Å². The number of hydrogen-bond acceptors (Lipinski definition) is 6. The zero-order valence-corrected chi connectivity index (χ0v) is 11.2. The second-order valence-electron chi connectivity index (χ2n) is 3.14. The van der Waals surface area contributed by atoms with Crippen molar-refractivity contribution in [3.8, 4) is 0 Å². The summed E-state index contributed by atoms with van der Waals surface area (Å²) in [6.07, 6.45) is 2.65. The first-order valence-corrected chi connectivity index (χ1v) is 6.51. The van der Waals surface area contributed by atoms with Gasteiger partial charge < -0.3 is 25.4 Å². The molecule has 0 aliphatic carbocycles. The number of anilines is 1. The van der Waals surface area contributed by atoms with Crippen LogP contribution in [0.1, 0.15) is 0 Å². The largest absolute Gasteiger partial charge is 0.466 e. The van der Waals surface area contributed by atoms with Crippen LogP contribution >= 0.6 is 7.82 Å². The molecule has 0 radical (unpaired) electrons. The molecule has 21 heavy (non-hydrogen) atoms. The Morgan fingerprint density at radius 2 is 1.67 bits per heavy atom. The van der Waals surface area contributed by atoms with Crippen molar-refractivity contribution in [3.05, 3.63) is 55.8 Å². The van der Waals surface area contributed by atoms with E-state index in [0.29, 0.717) is 5.82 Å². The predicted molar refractivity (Wildman–Crippen MR) is 71.2 cm³/mol. The molecule has 2 aromatic rings. The average Bonchev–Trinajstić information content (AvgIpc) is 2.26. The fraction of sp³-hybridized carbons (Fsp3) is 0. The monoisotopic (exact) mass is 321 g/mol. The van der Waals surface area contributed by atoms with Crippen LogP contribution in [0.2, 0.25) is 0 Å². The van der Waals surface area contributed by atoms with E-state index >= 15 is 0 Å². The zero-order valence-electron chi connectivity index (χ0n) is 10.3. The van der Waals surface area contributed by atoms with Crippen LogP contribution in [-0.2, 0) is 4.57 Å². The third kappa shape index (κ3) is 13.7. The van der Waals surface area contributed by atoms with Crippen molar-refractivity contribution in [1.29, 1.82) is 0 Å². The van der Waals surface area contributed by atoms with Gasteiger partial charge in [0.05, 0.1) is 0 Å². The Balaban J connectivity index is 0.000000296. The van der Waals surface area contributed by atoms with Crippen molar-refractivity contribution in [3.63, 3.8) is 0 Å². The average molecular weight is 321 g/mol. The van der Waals surface area contributed by atoms with Gasteiger partial charge in [-0.05, 0) is 6.07 Å². The lowest BCUT2D eigenvalue weighted by atomic mass is 10.6. The van der Waals surface area contributed by atoms with E-state index in [1.807, 2.05) is 4.98 Å². The summed E-state index contributed by atoms with van der Waals surface area (Å²) >= 11 is 0. The van der Waals surface area contributed by atoms with Gasteiger partial charge in [0.25, 0.3) is 5.56 Å². The van der Waals surface area contributed by atoms with Gasteiger partial charge in [-0.3, -0.25) is 14.8 Å². The maximum Gasteiger partial charge on any atom is 0.466 e. The van der Waals surface area contributed by atoms with E-state index in [1.165, 1.54) is 24.5 Å². The number of aromatic amines is 3. The van der Waals surface area contributed by atoms with E-state index in [1.54, 1.807) is 0 Å². The molecule has 0 saturated heterocycles. The first-order valence-electron chi connectivity index (χ1n) is 4.95. The van der Waals surface area contributed by atoms with Crippen molar-refractivity contribution >= 4 is 13.6 Å². The molecule has 0 spiro atoms. The molecule has 0 aromatic carbocycles. The summed E-state index contributed by atoms with van der Waals surface area (Å²) in [5.74, 6) is 0.338. The predicted octanol–water partition coefficient (Wildman–Crippen LogP) is -2.51. The van der Waals surface area contributed by atoms with E-state index in [-0.39, 0.29) is 5.56 Å². The van der Waals surface area contributed by atoms with Crippen LogP contribution in [0.5, 0.6) is 0 Å². The van der Waals surface area contributed by atoms with E-state index in [4.69, 9.17) is 25.0 Å². The van der Waals surface area contributed by atoms with Crippen molar-refractivity contribution in [2.45, 2.75) is 0 Å². The molecule has 12 nitrogen and oxygen atoms in total. The molecule has 0 amide bonds. The zero-order chi connectivity index (χ0) is 16.5. The lowest BCUT2D eigenvalue weighted by Crippen LogP contribution is -2.19. The lowest BCUT2D eigenvalue weighted by Gasteiger charge is -1.84. The molecule has 2 heterocycles. The van der Waals surface area contributed by atoms with Gasteiger partial charge in [0.15, 0.2) is 0 Å². The summed E-state index contributed by atoms with van der Waals surface area (Å²) in [5.41, 5.74) is 3.90. The van der Waals surface area contributed by atoms with Crippen LogP contribution in [0.25, 0.3) is 0 Å². The number of nitrogens with zero attached hydrogens (tertiary/aromatic N) is 1. The van der Waals surface area contributed by atoms with Crippen LogP contribution in [0.4, 0.5) is 5.82 Å². The minimum Gasteiger partial charge on any atom is -0.385 e. The van der Waals surface area contributed by atoms with E-state index < -0.39 is 19.2 Å². The number of nitrogen functional groups attached to an aromatic ring is 1. The van der Waals surface area contributed by atoms with Gasteiger partial charge >= 0.3 is 19.2 Å². The minimum absolute atomic E-state index is 0.338. The second kappa shape index (κ2) is 8.60. The van der Waals surface area contributed by atoms with Crippen LogP contribution in [0.15, 0.2) is 38.9 Å². The van der Waals surface area contributed by atoms with E-state index in [0.717, 1.165) is 0 Å². The Bertz CT molecular complexity index is 726. The number of rotatable bonds is 0. The Kier molecular flexibility index (Phi) is 7.57. The fourth-order valence-corrected chi connectivity index (χ4v) is 0.765. The maximum atomic E-state index is 10.2. The topological polar surface area (TPSA) is 215 Å². The molecule has 0 saturated carbocycles. The summed E-state index contributed by atoms with van der Waals surface area (Å²) in [6, 6.07) is 2.75. The van der Waals surface area contributed by atoms with Gasteiger partial charge in [-0.15, -0.1) is 0 Å². The Labute approximate surface area is 115 Å². The Morgan fingerprint density at radius 1 is 1.10 bits per heavy atom. The molecule has 0 aliphatic heterocycles. The maximum absolute atomic E-state index is 10.2. The molecule has 0 atom stereocenters. The molecule has 0 bridgehead atoms. The summed E-state index contributed by atoms with van der Waals surface area (Å²) in [6.45, 7) is 0.